The van der Waals surface area contributed by atoms with Crippen LogP contribution in [0.5, 0.6) is 0 Å². The Labute approximate surface area is 1040 Å². The quantitative estimate of drug-likeness (QED) is 0.0122. The molecule has 14 aromatic rings. The van der Waals surface area contributed by atoms with Gasteiger partial charge in [-0.1, -0.05) is 109 Å². The van der Waals surface area contributed by atoms with Crippen LogP contribution in [0.15, 0.2) is 223 Å². The first-order valence-electron chi connectivity index (χ1n) is 36.4. The van der Waals surface area contributed by atoms with Crippen molar-refractivity contribution in [1.82, 2.24) is 80.9 Å². The van der Waals surface area contributed by atoms with E-state index in [1.165, 1.54) is 72.8 Å². The van der Waals surface area contributed by atoms with Gasteiger partial charge in [0.2, 0.25) is 69.4 Å². The third-order valence-corrected chi connectivity index (χ3v) is 15.5. The number of benzene rings is 9. The fourth-order valence-corrected chi connectivity index (χ4v) is 9.82. The second-order valence-electron chi connectivity index (χ2n) is 24.0. The van der Waals surface area contributed by atoms with Crippen molar-refractivity contribution in [3.63, 3.8) is 0 Å². The zero-order valence-electron chi connectivity index (χ0n) is 79.3. The predicted molar refractivity (Wildman–Crippen MR) is 485 cm³/mol. The zero-order chi connectivity index (χ0) is 96.2. The number of carbonyl (C=O) groups is 6. The number of rotatable bonds is 23. The molecule has 59 heteroatoms. The summed E-state index contributed by atoms with van der Waals surface area (Å²) >= 11 is 16.0. The van der Waals surface area contributed by atoms with Gasteiger partial charge in [-0.2, -0.15) is 168 Å². The molecule has 143 heavy (non-hydrogen) atoms. The van der Waals surface area contributed by atoms with Gasteiger partial charge in [-0.15, -0.1) is 36.4 Å². The molecule has 9 aromatic carbocycles. The van der Waals surface area contributed by atoms with Gasteiger partial charge >= 0.3 is 290 Å². The molecule has 0 amide bonds. The van der Waals surface area contributed by atoms with Crippen LogP contribution in [-0.4, -0.2) is 143 Å². The molecule has 0 saturated carbocycles. The van der Waals surface area contributed by atoms with Crippen LogP contribution < -0.4 is 362 Å². The summed E-state index contributed by atoms with van der Waals surface area (Å²) < 4.78 is 0. The number of aryl methyl sites for hydroxylation is 3. The number of anilines is 17. The van der Waals surface area contributed by atoms with Gasteiger partial charge in [0.05, 0.1) is 35.8 Å². The number of aromatic nitrogens is 15. The standard InChI is InChI=1S/2C23H17N6O4.C11H12N5.C9H10O2.C7H7NO2.C5H8N4O.C3Cl3N3.3CO2.H3N.9Na.2H3P/c2*30-19(31)14-6-10-17(11-7-14)25-22-27-21(24-16-4-2-1-3-5-16)28-23(29-22)26-18-12-8-15(9-13-18)20(32)33;1-8-13-10(12-2)16-11(14-8)15-9-6-4-3-5-7-9;1-2-7-3-5-8(6-4-7)9(10)11;8-6-3-1-5(2-4-6)7(9)10;1-3-7-4(6-2)9-5(10)8-3;4-1-7-2(5)9-3(6)8-1;3*2-1-3;;;;;;;;;;;;/h2*2-13H,(H,30,31)(H,32,33)(H3,24,25,26,27,28,29);4-7H,1-2H3,(H2,12,13,14,15,16);3-6H,2H2,1H3,(H,10,11);1-4H,8H2,(H,9,10);1-2H3,(H2,6,7,8,9,10);;;;;1H3;;;;;;;;;;2*1H3/q3*-1;;;;;;;;;9*+1;;/p-6. The number of carbonyl (C=O) groups excluding carboxylic acids is 12. The minimum atomic E-state index is -1.27. The number of H-pyrrole nitrogens is 1. The van der Waals surface area contributed by atoms with Crippen LogP contribution in [0.25, 0.3) is 0 Å². The van der Waals surface area contributed by atoms with Crippen molar-refractivity contribution in [2.75, 3.05) is 67.7 Å². The van der Waals surface area contributed by atoms with Crippen LogP contribution in [0.4, 0.5) is 99.0 Å². The largest absolute Gasteiger partial charge is 1.00 e. The first-order chi connectivity index (χ1) is 62.8. The average Bonchev–Trinajstić information content (AvgIpc) is 0.834. The van der Waals surface area contributed by atoms with Gasteiger partial charge in [0.1, 0.15) is 11.6 Å². The van der Waals surface area contributed by atoms with Crippen molar-refractivity contribution in [2.45, 2.75) is 27.2 Å². The number of hydrogen-bond acceptors (Lipinski definition) is 44. The minimum Gasteiger partial charge on any atom is -0.545 e. The SMILES string of the molecule is CCc1ccc(C(=O)[O-])cc1.CNc1nc(C)[nH]c(=O)n1.CNc1nc(C)nc(Nc2cc[c-]cc2)n1.Clc1nc(Cl)nc(Cl)n1.N.Nc1ccc(C(=O)[O-])cc1.O=C([O-])c1ccc(Nc2nc(Nc3cc[c-]cc3)nc(Nc3ccc(C(=O)[O-])cc3)n2)cc1.O=C([O-])c1ccc(Nc2nc(Nc3cc[c-]cc3)nc(Nc3ccc(C(=O)[O-])cc3)n2)cc1.O=C=O.O=C=O.O=C=O.P.P.[Na+].[Na+].[Na+].[Na+].[Na+].[Na+].[Na+].[Na+].[Na+]. The molecule has 14 rings (SSSR count). The maximum Gasteiger partial charge on any atom is 1.00 e. The first kappa shape index (κ1) is 150. The van der Waals surface area contributed by atoms with Gasteiger partial charge < -0.3 is 119 Å². The molecule has 0 spiro atoms. The Bertz CT molecular complexity index is 5860. The molecule has 0 bridgehead atoms. The van der Waals surface area contributed by atoms with Crippen LogP contribution in [0.3, 0.4) is 0 Å². The molecule has 0 aliphatic rings. The molecular formula is C84H74Cl3N26Na9O19P2. The fraction of sp³-hybridized carbons (Fsp3) is 0.0714. The van der Waals surface area contributed by atoms with Crippen LogP contribution >= 0.6 is 54.6 Å². The van der Waals surface area contributed by atoms with E-state index in [9.17, 15) is 64.2 Å². The number of nitrogens with zero attached hydrogens (tertiary/aromatic N) is 14. The number of carboxylic acid groups (broad SMARTS) is 6. The second kappa shape index (κ2) is 84.5. The molecule has 5 heterocycles. The molecular weight excluding hydrogens is 2050 g/mol. The molecule has 694 valence electrons. The number of aromatic amines is 1. The molecule has 0 aliphatic heterocycles. The summed E-state index contributed by atoms with van der Waals surface area (Å²) in [4.78, 5) is 182. The van der Waals surface area contributed by atoms with Crippen molar-refractivity contribution in [3.05, 3.63) is 314 Å². The second-order valence-corrected chi connectivity index (χ2v) is 25.1. The molecule has 0 aliphatic carbocycles. The Balaban J connectivity index is -0.000000255. The third-order valence-electron chi connectivity index (χ3n) is 15.0. The van der Waals surface area contributed by atoms with E-state index in [4.69, 9.17) is 69.3 Å². The molecule has 2 atom stereocenters. The average molecular weight is 2130 g/mol. The molecule has 0 saturated heterocycles. The van der Waals surface area contributed by atoms with Gasteiger partial charge in [-0.3, -0.25) is 4.98 Å². The van der Waals surface area contributed by atoms with E-state index >= 15 is 0 Å². The number of nitrogen functional groups attached to an aromatic ring is 1. The van der Waals surface area contributed by atoms with E-state index in [0.717, 1.165) is 29.0 Å². The van der Waals surface area contributed by atoms with Crippen molar-refractivity contribution in [3.8, 4) is 0 Å². The van der Waals surface area contributed by atoms with Gasteiger partial charge in [-0.25, -0.2) is 9.78 Å². The monoisotopic (exact) mass is 2120 g/mol. The molecule has 15 N–H and O–H groups in total. The number of carboxylic acids is 6. The number of nitrogens with one attached hydrogen (secondary N) is 10. The van der Waals surface area contributed by atoms with Gasteiger partial charge in [-0.05, 0) is 155 Å². The molecule has 0 radical (unpaired) electrons. The summed E-state index contributed by atoms with van der Waals surface area (Å²) in [5, 5.41) is 91.0. The summed E-state index contributed by atoms with van der Waals surface area (Å²) in [6.07, 6.45) is 1.67. The number of aromatic carboxylic acids is 6. The minimum absolute atomic E-state index is 0. The normalized spacial score (nSPS) is 8.67. The van der Waals surface area contributed by atoms with Crippen molar-refractivity contribution in [2.24, 2.45) is 0 Å². The Morgan fingerprint density at radius 3 is 0.713 bits per heavy atom. The van der Waals surface area contributed by atoms with Gasteiger partial charge in [0.25, 0.3) is 0 Å². The summed E-state index contributed by atoms with van der Waals surface area (Å²) in [6, 6.07) is 66.6. The van der Waals surface area contributed by atoms with E-state index in [-0.39, 0.29) is 401 Å². The maximum absolute atomic E-state index is 10.9. The molecule has 45 nitrogen and oxygen atoms in total. The summed E-state index contributed by atoms with van der Waals surface area (Å²) in [5.74, 6) is -3.52. The van der Waals surface area contributed by atoms with Crippen molar-refractivity contribution in [1.29, 1.82) is 0 Å². The summed E-state index contributed by atoms with van der Waals surface area (Å²) in [7, 11) is 3.43. The molecule has 5 aromatic heterocycles. The Morgan fingerprint density at radius 2 is 0.503 bits per heavy atom. The molecule has 2 unspecified atom stereocenters. The van der Waals surface area contributed by atoms with E-state index in [0.29, 0.717) is 57.9 Å². The van der Waals surface area contributed by atoms with E-state index in [1.54, 1.807) is 142 Å². The van der Waals surface area contributed by atoms with E-state index in [1.807, 2.05) is 38.1 Å². The van der Waals surface area contributed by atoms with Crippen LogP contribution in [0.2, 0.25) is 15.9 Å². The Kier molecular flexibility index (Phi) is 88.5. The number of nitrogens with two attached hydrogens (primary N) is 1. The van der Waals surface area contributed by atoms with Crippen molar-refractivity contribution >= 4 is 208 Å². The summed E-state index contributed by atoms with van der Waals surface area (Å²) in [5.41, 5.74) is 11.8. The van der Waals surface area contributed by atoms with Crippen LogP contribution in [-0.2, 0) is 35.2 Å². The predicted octanol–water partition coefficient (Wildman–Crippen LogP) is -21.8. The maximum atomic E-state index is 10.9. The molecule has 0 fully saturated rings. The van der Waals surface area contributed by atoms with Gasteiger partial charge in [0.15, 0.2) is 0 Å². The summed E-state index contributed by atoms with van der Waals surface area (Å²) in [6.45, 7) is 5.55. The number of halogens is 3. The van der Waals surface area contributed by atoms with E-state index < -0.39 is 35.8 Å². The Morgan fingerprint density at radius 1 is 0.315 bits per heavy atom. The van der Waals surface area contributed by atoms with Crippen LogP contribution in [0.1, 0.15) is 86.3 Å². The third kappa shape index (κ3) is 61.6. The van der Waals surface area contributed by atoms with Crippen LogP contribution in [0, 0.1) is 32.0 Å². The fourth-order valence-electron chi connectivity index (χ4n) is 9.21. The van der Waals surface area contributed by atoms with E-state index in [2.05, 4.69) is 141 Å². The van der Waals surface area contributed by atoms with Gasteiger partial charge in [0, 0.05) is 42.5 Å². The zero-order valence-corrected chi connectivity index (χ0v) is 102. The smallest absolute Gasteiger partial charge is 0.545 e. The first-order valence-corrected chi connectivity index (χ1v) is 37.6. The van der Waals surface area contributed by atoms with Crippen molar-refractivity contribution < 1.29 is 354 Å². The Hall–Kier alpha value is -8.52. The number of hydrogen-bond donors (Lipinski definition) is 12. The topological polar surface area (TPSA) is 726 Å².